The van der Waals surface area contributed by atoms with Gasteiger partial charge in [-0.2, -0.15) is 5.26 Å². The summed E-state index contributed by atoms with van der Waals surface area (Å²) in [7, 11) is 1.75. The molecule has 1 fully saturated rings. The summed E-state index contributed by atoms with van der Waals surface area (Å²) in [4.78, 5) is 11.0. The summed E-state index contributed by atoms with van der Waals surface area (Å²) in [5.41, 5.74) is 1.69. The van der Waals surface area contributed by atoms with Crippen LogP contribution in [0.5, 0.6) is 0 Å². The van der Waals surface area contributed by atoms with Crippen molar-refractivity contribution in [1.82, 2.24) is 25.8 Å². The minimum atomic E-state index is 0.227. The zero-order chi connectivity index (χ0) is 20.8. The Labute approximate surface area is 174 Å². The van der Waals surface area contributed by atoms with Crippen molar-refractivity contribution in [2.75, 3.05) is 25.0 Å². The second-order valence-electron chi connectivity index (χ2n) is 7.07. The van der Waals surface area contributed by atoms with Crippen LogP contribution in [0.25, 0.3) is 11.6 Å². The molecule has 0 spiro atoms. The van der Waals surface area contributed by atoms with Gasteiger partial charge in [0.2, 0.25) is 5.82 Å². The number of nitriles is 1. The first-order valence-electron chi connectivity index (χ1n) is 9.93. The van der Waals surface area contributed by atoms with Crippen molar-refractivity contribution in [3.05, 3.63) is 54.0 Å². The molecule has 4 rings (SSSR count). The number of aromatic nitrogens is 3. The molecule has 1 saturated heterocycles. The van der Waals surface area contributed by atoms with E-state index in [-0.39, 0.29) is 6.04 Å². The largest absolute Gasteiger partial charge is 0.461 e. The molecule has 9 heteroatoms. The Morgan fingerprint density at radius 2 is 2.27 bits per heavy atom. The molecular formula is C21H24N8O. The summed E-state index contributed by atoms with van der Waals surface area (Å²) < 4.78 is 5.32. The number of H-pyrrole nitrogens is 1. The topological polar surface area (TPSA) is 118 Å². The molecule has 2 aromatic heterocycles. The van der Waals surface area contributed by atoms with Gasteiger partial charge >= 0.3 is 0 Å². The van der Waals surface area contributed by atoms with E-state index in [0.717, 1.165) is 31.6 Å². The van der Waals surface area contributed by atoms with Crippen LogP contribution in [0.1, 0.15) is 24.2 Å². The molecule has 0 saturated carbocycles. The Morgan fingerprint density at radius 1 is 1.37 bits per heavy atom. The Hall–Kier alpha value is -3.80. The molecule has 0 radical (unpaired) electrons. The van der Waals surface area contributed by atoms with Gasteiger partial charge in [-0.15, -0.1) is 5.10 Å². The highest BCUT2D eigenvalue weighted by Gasteiger charge is 2.22. The fourth-order valence-corrected chi connectivity index (χ4v) is 3.60. The van der Waals surface area contributed by atoms with Crippen LogP contribution >= 0.6 is 0 Å². The third-order valence-corrected chi connectivity index (χ3v) is 5.05. The first-order chi connectivity index (χ1) is 14.8. The zero-order valence-corrected chi connectivity index (χ0v) is 16.8. The zero-order valence-electron chi connectivity index (χ0n) is 16.8. The first-order valence-corrected chi connectivity index (χ1v) is 9.93. The number of nitrogens with one attached hydrogen (secondary N) is 3. The number of aliphatic imine (C=N–C) groups is 1. The third kappa shape index (κ3) is 4.43. The average Bonchev–Trinajstić information content (AvgIpc) is 3.49. The van der Waals surface area contributed by atoms with Crippen LogP contribution in [0.2, 0.25) is 0 Å². The van der Waals surface area contributed by atoms with E-state index >= 15 is 0 Å². The van der Waals surface area contributed by atoms with Gasteiger partial charge in [0.1, 0.15) is 11.9 Å². The molecule has 1 unspecified atom stereocenters. The molecule has 0 bridgehead atoms. The molecule has 1 aliphatic rings. The van der Waals surface area contributed by atoms with Crippen molar-refractivity contribution in [3.8, 4) is 17.7 Å². The lowest BCUT2D eigenvalue weighted by molar-refractivity contribution is 0.467. The number of rotatable bonds is 5. The number of piperidine rings is 1. The maximum Gasteiger partial charge on any atom is 0.216 e. The van der Waals surface area contributed by atoms with Crippen molar-refractivity contribution < 1.29 is 4.42 Å². The number of para-hydroxylation sites is 1. The van der Waals surface area contributed by atoms with Gasteiger partial charge in [0.15, 0.2) is 11.7 Å². The van der Waals surface area contributed by atoms with Crippen molar-refractivity contribution in [3.63, 3.8) is 0 Å². The van der Waals surface area contributed by atoms with Crippen LogP contribution in [0.3, 0.4) is 0 Å². The van der Waals surface area contributed by atoms with Gasteiger partial charge in [0, 0.05) is 26.2 Å². The van der Waals surface area contributed by atoms with E-state index in [1.54, 1.807) is 19.4 Å². The van der Waals surface area contributed by atoms with Gasteiger partial charge in [0.05, 0.1) is 24.1 Å². The molecule has 3 aromatic rings. The quantitative estimate of drug-likeness (QED) is 0.441. The summed E-state index contributed by atoms with van der Waals surface area (Å²) in [6.07, 6.45) is 3.68. The second kappa shape index (κ2) is 9.13. The highest BCUT2D eigenvalue weighted by atomic mass is 16.3. The van der Waals surface area contributed by atoms with E-state index < -0.39 is 0 Å². The van der Waals surface area contributed by atoms with E-state index in [9.17, 15) is 5.26 Å². The molecule has 0 amide bonds. The van der Waals surface area contributed by atoms with Crippen molar-refractivity contribution in [1.29, 1.82) is 5.26 Å². The number of benzene rings is 1. The fraction of sp³-hybridized carbons (Fsp3) is 0.333. The summed E-state index contributed by atoms with van der Waals surface area (Å²) in [5, 5.41) is 23.2. The number of furan rings is 1. The summed E-state index contributed by atoms with van der Waals surface area (Å²) in [6.45, 7) is 2.21. The third-order valence-electron chi connectivity index (χ3n) is 5.05. The number of aromatic amines is 1. The maximum atomic E-state index is 9.40. The normalized spacial score (nSPS) is 16.9. The molecule has 3 heterocycles. The van der Waals surface area contributed by atoms with E-state index in [4.69, 9.17) is 4.42 Å². The van der Waals surface area contributed by atoms with Crippen LogP contribution in [-0.2, 0) is 6.54 Å². The second-order valence-corrected chi connectivity index (χ2v) is 7.07. The molecule has 30 heavy (non-hydrogen) atoms. The molecule has 3 N–H and O–H groups in total. The molecule has 9 nitrogen and oxygen atoms in total. The van der Waals surface area contributed by atoms with Crippen LogP contribution in [-0.4, -0.2) is 47.3 Å². The molecule has 1 atom stereocenters. The lowest BCUT2D eigenvalue weighted by Gasteiger charge is -2.35. The molecule has 154 valence electrons. The standard InChI is InChI=1S/C21H24N8O/c1-23-21(24-13-19-26-20(28-27-19)18-9-5-11-30-18)25-16-7-4-10-29(14-16)17-8-3-2-6-15(17)12-22/h2-3,5-6,8-9,11,16H,4,7,10,13-14H2,1H3,(H2,23,24,25)(H,26,27,28). The molecular weight excluding hydrogens is 380 g/mol. The van der Waals surface area contributed by atoms with Gasteiger partial charge in [-0.1, -0.05) is 12.1 Å². The van der Waals surface area contributed by atoms with E-state index in [1.165, 1.54) is 0 Å². The summed E-state index contributed by atoms with van der Waals surface area (Å²) in [5.74, 6) is 2.54. The number of hydrogen-bond donors (Lipinski definition) is 3. The van der Waals surface area contributed by atoms with Crippen molar-refractivity contribution in [2.24, 2.45) is 4.99 Å². The van der Waals surface area contributed by atoms with Crippen LogP contribution in [0.4, 0.5) is 5.69 Å². The van der Waals surface area contributed by atoms with E-state index in [1.807, 2.05) is 30.3 Å². The monoisotopic (exact) mass is 404 g/mol. The van der Waals surface area contributed by atoms with Crippen LogP contribution < -0.4 is 15.5 Å². The predicted octanol–water partition coefficient (Wildman–Crippen LogP) is 2.27. The van der Waals surface area contributed by atoms with Gasteiger partial charge in [0.25, 0.3) is 0 Å². The number of anilines is 1. The average molecular weight is 404 g/mol. The van der Waals surface area contributed by atoms with Crippen molar-refractivity contribution in [2.45, 2.75) is 25.4 Å². The highest BCUT2D eigenvalue weighted by Crippen LogP contribution is 2.23. The van der Waals surface area contributed by atoms with Crippen LogP contribution in [0, 0.1) is 11.3 Å². The van der Waals surface area contributed by atoms with Crippen LogP contribution in [0.15, 0.2) is 52.1 Å². The number of hydrogen-bond acceptors (Lipinski definition) is 6. The molecule has 0 aliphatic carbocycles. The first kappa shape index (κ1) is 19.5. The lowest BCUT2D eigenvalue weighted by Crippen LogP contribution is -2.51. The van der Waals surface area contributed by atoms with Gasteiger partial charge < -0.3 is 20.0 Å². The Morgan fingerprint density at radius 3 is 3.07 bits per heavy atom. The SMILES string of the molecule is CN=C(NCc1nc(-c2ccco2)n[nH]1)NC1CCCN(c2ccccc2C#N)C1. The summed E-state index contributed by atoms with van der Waals surface area (Å²) in [6, 6.07) is 13.9. The smallest absolute Gasteiger partial charge is 0.216 e. The Kier molecular flexibility index (Phi) is 5.94. The lowest BCUT2D eigenvalue weighted by atomic mass is 10.0. The fourth-order valence-electron chi connectivity index (χ4n) is 3.60. The van der Waals surface area contributed by atoms with Gasteiger partial charge in [-0.25, -0.2) is 4.98 Å². The minimum absolute atomic E-state index is 0.227. The van der Waals surface area contributed by atoms with Gasteiger partial charge in [-0.3, -0.25) is 10.1 Å². The maximum absolute atomic E-state index is 9.40. The Balaban J connectivity index is 1.34. The Bertz CT molecular complexity index is 1030. The molecule has 1 aliphatic heterocycles. The highest BCUT2D eigenvalue weighted by molar-refractivity contribution is 5.80. The number of nitrogens with zero attached hydrogens (tertiary/aromatic N) is 5. The van der Waals surface area contributed by atoms with Crippen molar-refractivity contribution >= 4 is 11.6 Å². The van der Waals surface area contributed by atoms with E-state index in [2.05, 4.69) is 41.8 Å². The number of guanidine groups is 1. The van der Waals surface area contributed by atoms with E-state index in [0.29, 0.717) is 35.5 Å². The molecule has 1 aromatic carbocycles. The minimum Gasteiger partial charge on any atom is -0.461 e. The summed E-state index contributed by atoms with van der Waals surface area (Å²) >= 11 is 0. The predicted molar refractivity (Wildman–Crippen MR) is 114 cm³/mol. The van der Waals surface area contributed by atoms with Gasteiger partial charge in [-0.05, 0) is 37.1 Å².